The van der Waals surface area contributed by atoms with E-state index in [0.29, 0.717) is 32.7 Å². The van der Waals surface area contributed by atoms with E-state index in [1.54, 1.807) is 0 Å². The highest BCUT2D eigenvalue weighted by Gasteiger charge is 2.28. The van der Waals surface area contributed by atoms with Crippen LogP contribution in [0.1, 0.15) is 36.3 Å². The van der Waals surface area contributed by atoms with E-state index in [-0.39, 0.29) is 17.9 Å². The maximum absolute atomic E-state index is 12.7. The summed E-state index contributed by atoms with van der Waals surface area (Å²) in [6, 6.07) is 21.2. The minimum Gasteiger partial charge on any atom is -0.375 e. The van der Waals surface area contributed by atoms with Gasteiger partial charge in [0.05, 0.1) is 19.3 Å². The van der Waals surface area contributed by atoms with Crippen LogP contribution in [0, 0.1) is 0 Å². The van der Waals surface area contributed by atoms with Crippen molar-refractivity contribution in [3.8, 4) is 0 Å². The fourth-order valence-corrected chi connectivity index (χ4v) is 4.24. The molecule has 154 valence electrons. The van der Waals surface area contributed by atoms with Crippen LogP contribution in [0.5, 0.6) is 0 Å². The van der Waals surface area contributed by atoms with E-state index < -0.39 is 0 Å². The van der Waals surface area contributed by atoms with Crippen LogP contribution < -0.4 is 0 Å². The second-order valence-electron chi connectivity index (χ2n) is 7.81. The number of hydrogen-bond acceptors (Lipinski definition) is 4. The monoisotopic (exact) mass is 394 g/mol. The zero-order chi connectivity index (χ0) is 19.9. The average Bonchev–Trinajstić information content (AvgIpc) is 3.31. The predicted octanol–water partition coefficient (Wildman–Crippen LogP) is 3.46. The van der Waals surface area contributed by atoms with Gasteiger partial charge in [-0.1, -0.05) is 60.7 Å². The zero-order valence-electron chi connectivity index (χ0n) is 16.9. The molecule has 4 rings (SSSR count). The third kappa shape index (κ3) is 5.44. The summed E-state index contributed by atoms with van der Waals surface area (Å²) in [5, 5.41) is 1.91. The Kier molecular flexibility index (Phi) is 6.93. The smallest absolute Gasteiger partial charge is 0.224 e. The summed E-state index contributed by atoms with van der Waals surface area (Å²) in [6.07, 6.45) is 2.47. The third-order valence-corrected chi connectivity index (χ3v) is 5.79. The van der Waals surface area contributed by atoms with Crippen molar-refractivity contribution in [1.82, 2.24) is 9.96 Å². The zero-order valence-corrected chi connectivity index (χ0v) is 16.9. The van der Waals surface area contributed by atoms with E-state index in [4.69, 9.17) is 9.57 Å². The number of hydroxylamine groups is 2. The molecule has 2 fully saturated rings. The van der Waals surface area contributed by atoms with Crippen molar-refractivity contribution < 1.29 is 14.4 Å². The Bertz CT molecular complexity index is 723. The molecule has 0 spiro atoms. The van der Waals surface area contributed by atoms with E-state index >= 15 is 0 Å². The molecule has 5 heteroatoms. The maximum Gasteiger partial charge on any atom is 0.224 e. The van der Waals surface area contributed by atoms with E-state index in [9.17, 15) is 4.79 Å². The van der Waals surface area contributed by atoms with Gasteiger partial charge in [-0.05, 0) is 24.0 Å². The predicted molar refractivity (Wildman–Crippen MR) is 112 cm³/mol. The molecular weight excluding hydrogens is 364 g/mol. The van der Waals surface area contributed by atoms with Crippen LogP contribution >= 0.6 is 0 Å². The largest absolute Gasteiger partial charge is 0.375 e. The highest BCUT2D eigenvalue weighted by atomic mass is 16.7. The SMILES string of the molecule is O=C(CCN1CCCO1)N1CCO[C@@H](CC(c2ccccc2)c2ccccc2)C1. The Hall–Kier alpha value is -2.21. The Morgan fingerprint density at radius 3 is 2.28 bits per heavy atom. The van der Waals surface area contributed by atoms with Gasteiger partial charge in [0, 0.05) is 38.5 Å². The number of carbonyl (C=O) groups excluding carboxylic acids is 1. The lowest BCUT2D eigenvalue weighted by molar-refractivity contribution is -0.145. The quantitative estimate of drug-likeness (QED) is 0.721. The molecule has 2 aliphatic rings. The minimum absolute atomic E-state index is 0.0427. The number of morpholine rings is 1. The molecule has 1 amide bonds. The first kappa shape index (κ1) is 20.1. The van der Waals surface area contributed by atoms with Gasteiger partial charge in [-0.25, -0.2) is 0 Å². The highest BCUT2D eigenvalue weighted by Crippen LogP contribution is 2.31. The molecule has 5 nitrogen and oxygen atoms in total. The molecule has 0 bridgehead atoms. The van der Waals surface area contributed by atoms with Crippen LogP contribution in [-0.2, 0) is 14.4 Å². The molecule has 0 aliphatic carbocycles. The second kappa shape index (κ2) is 10.0. The molecule has 2 saturated heterocycles. The second-order valence-corrected chi connectivity index (χ2v) is 7.81. The lowest BCUT2D eigenvalue weighted by atomic mass is 9.86. The molecule has 0 saturated carbocycles. The van der Waals surface area contributed by atoms with Crippen molar-refractivity contribution in [2.24, 2.45) is 0 Å². The highest BCUT2D eigenvalue weighted by molar-refractivity contribution is 5.76. The molecular formula is C24H30N2O3. The van der Waals surface area contributed by atoms with Crippen LogP contribution in [-0.4, -0.2) is 61.4 Å². The summed E-state index contributed by atoms with van der Waals surface area (Å²) in [7, 11) is 0. The van der Waals surface area contributed by atoms with Gasteiger partial charge in [0.25, 0.3) is 0 Å². The molecule has 0 N–H and O–H groups in total. The van der Waals surface area contributed by atoms with Crippen LogP contribution in [0.25, 0.3) is 0 Å². The molecule has 2 heterocycles. The molecule has 0 radical (unpaired) electrons. The number of carbonyl (C=O) groups is 1. The summed E-state index contributed by atoms with van der Waals surface area (Å²) in [4.78, 5) is 20.2. The lowest BCUT2D eigenvalue weighted by Crippen LogP contribution is -2.46. The van der Waals surface area contributed by atoms with Gasteiger partial charge in [-0.2, -0.15) is 5.06 Å². The van der Waals surface area contributed by atoms with Gasteiger partial charge in [0.2, 0.25) is 5.91 Å². The van der Waals surface area contributed by atoms with Crippen molar-refractivity contribution in [3.63, 3.8) is 0 Å². The van der Waals surface area contributed by atoms with E-state index in [1.807, 2.05) is 22.1 Å². The van der Waals surface area contributed by atoms with Crippen LogP contribution in [0.2, 0.25) is 0 Å². The van der Waals surface area contributed by atoms with Crippen LogP contribution in [0.15, 0.2) is 60.7 Å². The van der Waals surface area contributed by atoms with Gasteiger partial charge < -0.3 is 9.64 Å². The Labute approximate surface area is 173 Å². The van der Waals surface area contributed by atoms with Gasteiger partial charge in [-0.15, -0.1) is 0 Å². The number of nitrogens with zero attached hydrogens (tertiary/aromatic N) is 2. The van der Waals surface area contributed by atoms with Gasteiger partial charge in [0.1, 0.15) is 0 Å². The van der Waals surface area contributed by atoms with Crippen molar-refractivity contribution in [2.75, 3.05) is 39.4 Å². The molecule has 0 aromatic heterocycles. The van der Waals surface area contributed by atoms with Crippen LogP contribution in [0.4, 0.5) is 0 Å². The Morgan fingerprint density at radius 1 is 0.966 bits per heavy atom. The first-order chi connectivity index (χ1) is 14.3. The summed E-state index contributed by atoms with van der Waals surface area (Å²) < 4.78 is 6.08. The van der Waals surface area contributed by atoms with E-state index in [2.05, 4.69) is 48.5 Å². The number of benzene rings is 2. The first-order valence-corrected chi connectivity index (χ1v) is 10.7. The molecule has 2 aliphatic heterocycles. The third-order valence-electron chi connectivity index (χ3n) is 5.79. The normalized spacial score (nSPS) is 20.3. The number of amides is 1. The summed E-state index contributed by atoms with van der Waals surface area (Å²) >= 11 is 0. The minimum atomic E-state index is 0.0427. The standard InChI is InChI=1S/C24H30N2O3/c27-24(12-14-26-13-7-16-29-26)25-15-17-28-22(19-25)18-23(20-8-3-1-4-9-20)21-10-5-2-6-11-21/h1-6,8-11,22-23H,7,12-19H2/t22-/m0/s1. The van der Waals surface area contributed by atoms with Gasteiger partial charge >= 0.3 is 0 Å². The Morgan fingerprint density at radius 2 is 1.66 bits per heavy atom. The average molecular weight is 395 g/mol. The Balaban J connectivity index is 1.39. The molecule has 0 unspecified atom stereocenters. The number of rotatable bonds is 7. The fraction of sp³-hybridized carbons (Fsp3) is 0.458. The molecule has 1 atom stereocenters. The van der Waals surface area contributed by atoms with Crippen molar-refractivity contribution in [1.29, 1.82) is 0 Å². The van der Waals surface area contributed by atoms with Crippen molar-refractivity contribution in [3.05, 3.63) is 71.8 Å². The van der Waals surface area contributed by atoms with Gasteiger partial charge in [0.15, 0.2) is 0 Å². The summed E-state index contributed by atoms with van der Waals surface area (Å²) in [5.41, 5.74) is 2.58. The summed E-state index contributed by atoms with van der Waals surface area (Å²) in [5.74, 6) is 0.459. The van der Waals surface area contributed by atoms with E-state index in [0.717, 1.165) is 26.0 Å². The first-order valence-electron chi connectivity index (χ1n) is 10.7. The number of hydrogen-bond donors (Lipinski definition) is 0. The molecule has 29 heavy (non-hydrogen) atoms. The lowest BCUT2D eigenvalue weighted by Gasteiger charge is -2.35. The van der Waals surface area contributed by atoms with Crippen molar-refractivity contribution >= 4 is 5.91 Å². The van der Waals surface area contributed by atoms with E-state index in [1.165, 1.54) is 11.1 Å². The van der Waals surface area contributed by atoms with Crippen molar-refractivity contribution in [2.45, 2.75) is 31.3 Å². The number of ether oxygens (including phenoxy) is 1. The topological polar surface area (TPSA) is 42.0 Å². The molecule has 2 aromatic carbocycles. The van der Waals surface area contributed by atoms with Gasteiger partial charge in [-0.3, -0.25) is 9.63 Å². The van der Waals surface area contributed by atoms with Crippen LogP contribution in [0.3, 0.4) is 0 Å². The molecule has 2 aromatic rings. The fourth-order valence-electron chi connectivity index (χ4n) is 4.24. The maximum atomic E-state index is 12.7. The summed E-state index contributed by atoms with van der Waals surface area (Å²) in [6.45, 7) is 4.32.